The van der Waals surface area contributed by atoms with Gasteiger partial charge in [-0.15, -0.1) is 0 Å². The third kappa shape index (κ3) is 1.57. The number of nitrogens with zero attached hydrogens (tertiary/aromatic N) is 3. The number of rotatable bonds is 1. The van der Waals surface area contributed by atoms with E-state index in [4.69, 9.17) is 5.26 Å². The summed E-state index contributed by atoms with van der Waals surface area (Å²) < 4.78 is 0. The molecule has 1 atom stereocenters. The van der Waals surface area contributed by atoms with E-state index in [-0.39, 0.29) is 6.17 Å². The summed E-state index contributed by atoms with van der Waals surface area (Å²) in [4.78, 5) is 5.82. The Bertz CT molecular complexity index is 235. The van der Waals surface area contributed by atoms with Crippen LogP contribution < -0.4 is 5.32 Å². The van der Waals surface area contributed by atoms with Crippen LogP contribution in [0.4, 0.5) is 0 Å². The standard InChI is InChI=1S/C7H10N4/c1-9-7-4-10-6(3-8)5-11(7)2/h4-5,7,9H,1-2H3. The van der Waals surface area contributed by atoms with Gasteiger partial charge < -0.3 is 4.90 Å². The van der Waals surface area contributed by atoms with E-state index in [2.05, 4.69) is 10.3 Å². The van der Waals surface area contributed by atoms with E-state index in [0.29, 0.717) is 5.70 Å². The quantitative estimate of drug-likeness (QED) is 0.568. The van der Waals surface area contributed by atoms with Crippen LogP contribution in [0.3, 0.4) is 0 Å². The van der Waals surface area contributed by atoms with E-state index in [1.165, 1.54) is 0 Å². The van der Waals surface area contributed by atoms with Crippen LogP contribution in [0.2, 0.25) is 0 Å². The van der Waals surface area contributed by atoms with Crippen LogP contribution in [0.1, 0.15) is 0 Å². The van der Waals surface area contributed by atoms with E-state index in [9.17, 15) is 0 Å². The molecular formula is C7H10N4. The van der Waals surface area contributed by atoms with Gasteiger partial charge in [0.05, 0.1) is 0 Å². The molecule has 0 fully saturated rings. The van der Waals surface area contributed by atoms with Crippen molar-refractivity contribution in [1.29, 1.82) is 5.26 Å². The van der Waals surface area contributed by atoms with Gasteiger partial charge in [-0.25, -0.2) is 4.99 Å². The first-order chi connectivity index (χ1) is 5.27. The minimum Gasteiger partial charge on any atom is -0.358 e. The van der Waals surface area contributed by atoms with Crippen molar-refractivity contribution < 1.29 is 0 Å². The van der Waals surface area contributed by atoms with Crippen molar-refractivity contribution in [3.8, 4) is 6.07 Å². The zero-order valence-corrected chi connectivity index (χ0v) is 6.57. The summed E-state index contributed by atoms with van der Waals surface area (Å²) in [7, 11) is 3.74. The molecule has 1 rings (SSSR count). The second-order valence-corrected chi connectivity index (χ2v) is 2.30. The molecule has 11 heavy (non-hydrogen) atoms. The van der Waals surface area contributed by atoms with Crippen molar-refractivity contribution in [2.24, 2.45) is 4.99 Å². The van der Waals surface area contributed by atoms with Gasteiger partial charge in [-0.2, -0.15) is 5.26 Å². The van der Waals surface area contributed by atoms with Crippen LogP contribution >= 0.6 is 0 Å². The van der Waals surface area contributed by atoms with Crippen LogP contribution in [0, 0.1) is 11.3 Å². The second kappa shape index (κ2) is 3.17. The maximum absolute atomic E-state index is 8.49. The number of aliphatic imine (C=N–C) groups is 1. The molecular weight excluding hydrogens is 140 g/mol. The van der Waals surface area contributed by atoms with E-state index < -0.39 is 0 Å². The molecule has 1 N–H and O–H groups in total. The largest absolute Gasteiger partial charge is 0.358 e. The summed E-state index contributed by atoms with van der Waals surface area (Å²) >= 11 is 0. The molecule has 0 amide bonds. The Balaban J connectivity index is 2.73. The summed E-state index contributed by atoms with van der Waals surface area (Å²) in [5.41, 5.74) is 0.444. The van der Waals surface area contributed by atoms with Gasteiger partial charge in [-0.05, 0) is 7.05 Å². The van der Waals surface area contributed by atoms with Crippen LogP contribution in [-0.4, -0.2) is 31.4 Å². The molecule has 58 valence electrons. The molecule has 1 heterocycles. The van der Waals surface area contributed by atoms with Gasteiger partial charge in [0, 0.05) is 19.5 Å². The lowest BCUT2D eigenvalue weighted by Crippen LogP contribution is -2.41. The minimum absolute atomic E-state index is 0.104. The van der Waals surface area contributed by atoms with Crippen molar-refractivity contribution >= 4 is 6.21 Å². The Kier molecular flexibility index (Phi) is 2.24. The highest BCUT2D eigenvalue weighted by molar-refractivity contribution is 5.67. The molecule has 0 aliphatic carbocycles. The first kappa shape index (κ1) is 7.76. The highest BCUT2D eigenvalue weighted by Crippen LogP contribution is 2.04. The van der Waals surface area contributed by atoms with Crippen molar-refractivity contribution in [2.75, 3.05) is 14.1 Å². The molecule has 1 unspecified atom stereocenters. The van der Waals surface area contributed by atoms with E-state index in [1.54, 1.807) is 12.4 Å². The fourth-order valence-corrected chi connectivity index (χ4v) is 0.898. The summed E-state index contributed by atoms with van der Waals surface area (Å²) in [5, 5.41) is 11.5. The molecule has 0 bridgehead atoms. The maximum atomic E-state index is 8.49. The van der Waals surface area contributed by atoms with Crippen LogP contribution in [0.5, 0.6) is 0 Å². The Morgan fingerprint density at radius 1 is 1.82 bits per heavy atom. The predicted octanol–water partition coefficient (Wildman–Crippen LogP) is -0.0869. The van der Waals surface area contributed by atoms with Gasteiger partial charge >= 0.3 is 0 Å². The Hall–Kier alpha value is -1.34. The van der Waals surface area contributed by atoms with Gasteiger partial charge in [-0.1, -0.05) is 0 Å². The minimum atomic E-state index is 0.104. The first-order valence-electron chi connectivity index (χ1n) is 3.33. The normalized spacial score (nSPS) is 22.8. The topological polar surface area (TPSA) is 51.4 Å². The van der Waals surface area contributed by atoms with E-state index >= 15 is 0 Å². The zero-order valence-electron chi connectivity index (χ0n) is 6.57. The highest BCUT2D eigenvalue weighted by atomic mass is 15.2. The van der Waals surface area contributed by atoms with Crippen LogP contribution in [-0.2, 0) is 0 Å². The predicted molar refractivity (Wildman–Crippen MR) is 42.8 cm³/mol. The maximum Gasteiger partial charge on any atom is 0.156 e. The second-order valence-electron chi connectivity index (χ2n) is 2.30. The number of nitriles is 1. The van der Waals surface area contributed by atoms with Gasteiger partial charge in [0.25, 0.3) is 0 Å². The van der Waals surface area contributed by atoms with Crippen LogP contribution in [0.25, 0.3) is 0 Å². The van der Waals surface area contributed by atoms with Crippen molar-refractivity contribution in [3.05, 3.63) is 11.9 Å². The lowest BCUT2D eigenvalue weighted by atomic mass is 10.4. The summed E-state index contributed by atoms with van der Waals surface area (Å²) in [6.07, 6.45) is 3.52. The molecule has 0 aromatic rings. The average molecular weight is 150 g/mol. The summed E-state index contributed by atoms with van der Waals surface area (Å²) in [6.45, 7) is 0. The van der Waals surface area contributed by atoms with Gasteiger partial charge in [0.15, 0.2) is 5.70 Å². The molecule has 0 saturated carbocycles. The molecule has 1 aliphatic heterocycles. The third-order valence-corrected chi connectivity index (χ3v) is 1.53. The van der Waals surface area contributed by atoms with Crippen LogP contribution in [0.15, 0.2) is 16.9 Å². The first-order valence-corrected chi connectivity index (χ1v) is 3.33. The number of allylic oxidation sites excluding steroid dienone is 1. The van der Waals surface area contributed by atoms with Crippen molar-refractivity contribution in [2.45, 2.75) is 6.17 Å². The number of hydrogen-bond acceptors (Lipinski definition) is 4. The molecule has 4 nitrogen and oxygen atoms in total. The fourth-order valence-electron chi connectivity index (χ4n) is 0.898. The van der Waals surface area contributed by atoms with E-state index in [0.717, 1.165) is 0 Å². The van der Waals surface area contributed by atoms with Gasteiger partial charge in [0.2, 0.25) is 0 Å². The molecule has 0 radical (unpaired) electrons. The Morgan fingerprint density at radius 2 is 2.55 bits per heavy atom. The highest BCUT2D eigenvalue weighted by Gasteiger charge is 2.11. The van der Waals surface area contributed by atoms with Crippen molar-refractivity contribution in [3.63, 3.8) is 0 Å². The summed E-state index contributed by atoms with van der Waals surface area (Å²) in [5.74, 6) is 0. The molecule has 0 spiro atoms. The molecule has 1 aliphatic rings. The zero-order chi connectivity index (χ0) is 8.27. The lowest BCUT2D eigenvalue weighted by Gasteiger charge is -2.25. The van der Waals surface area contributed by atoms with E-state index in [1.807, 2.05) is 25.1 Å². The molecule has 0 aromatic heterocycles. The summed E-state index contributed by atoms with van der Waals surface area (Å²) in [6, 6.07) is 1.97. The number of nitrogens with one attached hydrogen (secondary N) is 1. The van der Waals surface area contributed by atoms with Gasteiger partial charge in [-0.3, -0.25) is 5.32 Å². The lowest BCUT2D eigenvalue weighted by molar-refractivity contribution is 0.364. The SMILES string of the molecule is CNC1C=NC(C#N)=CN1C. The Morgan fingerprint density at radius 3 is 3.00 bits per heavy atom. The smallest absolute Gasteiger partial charge is 0.156 e. The third-order valence-electron chi connectivity index (χ3n) is 1.53. The monoisotopic (exact) mass is 150 g/mol. The molecule has 0 saturated heterocycles. The number of hydrogen-bond donors (Lipinski definition) is 1. The van der Waals surface area contributed by atoms with Gasteiger partial charge in [0.1, 0.15) is 12.2 Å². The molecule has 4 heteroatoms. The molecule has 0 aromatic carbocycles. The fraction of sp³-hybridized carbons (Fsp3) is 0.429. The Labute approximate surface area is 65.8 Å². The average Bonchev–Trinajstić information content (AvgIpc) is 2.04. The van der Waals surface area contributed by atoms with Crippen molar-refractivity contribution in [1.82, 2.24) is 10.2 Å².